The van der Waals surface area contributed by atoms with E-state index in [-0.39, 0.29) is 16.6 Å². The highest BCUT2D eigenvalue weighted by Gasteiger charge is 2.28. The highest BCUT2D eigenvalue weighted by molar-refractivity contribution is 7.93. The number of amides is 1. The van der Waals surface area contributed by atoms with Crippen LogP contribution in [0.5, 0.6) is 0 Å². The quantitative estimate of drug-likeness (QED) is 0.712. The Bertz CT molecular complexity index is 1080. The zero-order valence-electron chi connectivity index (χ0n) is 15.0. The van der Waals surface area contributed by atoms with E-state index in [9.17, 15) is 21.6 Å². The van der Waals surface area contributed by atoms with Gasteiger partial charge in [-0.3, -0.25) is 9.10 Å². The summed E-state index contributed by atoms with van der Waals surface area (Å²) in [6.45, 7) is 0.766. The molecule has 0 aromatic heterocycles. The third-order valence-electron chi connectivity index (χ3n) is 4.45. The van der Waals surface area contributed by atoms with E-state index in [4.69, 9.17) is 5.14 Å². The zero-order chi connectivity index (χ0) is 20.4. The van der Waals surface area contributed by atoms with E-state index in [1.165, 1.54) is 16.4 Å². The van der Waals surface area contributed by atoms with Crippen molar-refractivity contribution in [2.24, 2.45) is 5.14 Å². The number of rotatable bonds is 6. The summed E-state index contributed by atoms with van der Waals surface area (Å²) < 4.78 is 47.9. The van der Waals surface area contributed by atoms with Crippen LogP contribution in [-0.4, -0.2) is 41.6 Å². The summed E-state index contributed by atoms with van der Waals surface area (Å²) >= 11 is 0. The first-order valence-electron chi connectivity index (χ1n) is 8.67. The Hall–Kier alpha value is -2.43. The van der Waals surface area contributed by atoms with Gasteiger partial charge in [-0.15, -0.1) is 0 Å². The molecule has 2 aromatic rings. The number of benzene rings is 2. The SMILES string of the molecule is NS(=O)(=O)c1ccc(CCNC(=O)c2cccc(N3CCCS3(=O)=O)c2)cc1. The molecule has 1 fully saturated rings. The lowest BCUT2D eigenvalue weighted by atomic mass is 10.1. The lowest BCUT2D eigenvalue weighted by Gasteiger charge is -2.17. The molecule has 2 aromatic carbocycles. The van der Waals surface area contributed by atoms with Crippen molar-refractivity contribution in [1.82, 2.24) is 5.32 Å². The molecule has 0 spiro atoms. The maximum atomic E-state index is 12.4. The number of nitrogens with two attached hydrogens (primary N) is 1. The predicted molar refractivity (Wildman–Crippen MR) is 106 cm³/mol. The van der Waals surface area contributed by atoms with Gasteiger partial charge < -0.3 is 5.32 Å². The van der Waals surface area contributed by atoms with Crippen LogP contribution in [0.2, 0.25) is 0 Å². The number of carbonyl (C=O) groups excluding carboxylic acids is 1. The molecular formula is C18H21N3O5S2. The van der Waals surface area contributed by atoms with E-state index in [0.717, 1.165) is 5.56 Å². The van der Waals surface area contributed by atoms with Crippen LogP contribution in [0.25, 0.3) is 0 Å². The van der Waals surface area contributed by atoms with E-state index in [1.54, 1.807) is 36.4 Å². The van der Waals surface area contributed by atoms with Gasteiger partial charge in [-0.2, -0.15) is 0 Å². The minimum absolute atomic E-state index is 0.0361. The van der Waals surface area contributed by atoms with Gasteiger partial charge in [-0.1, -0.05) is 18.2 Å². The fourth-order valence-electron chi connectivity index (χ4n) is 3.00. The fraction of sp³-hybridized carbons (Fsp3) is 0.278. The minimum Gasteiger partial charge on any atom is -0.352 e. The maximum Gasteiger partial charge on any atom is 0.251 e. The van der Waals surface area contributed by atoms with Crippen LogP contribution in [0.1, 0.15) is 22.3 Å². The van der Waals surface area contributed by atoms with Crippen molar-refractivity contribution in [2.75, 3.05) is 23.1 Å². The molecule has 0 radical (unpaired) electrons. The topological polar surface area (TPSA) is 127 Å². The van der Waals surface area contributed by atoms with E-state index >= 15 is 0 Å². The van der Waals surface area contributed by atoms with Crippen LogP contribution >= 0.6 is 0 Å². The van der Waals surface area contributed by atoms with Crippen molar-refractivity contribution < 1.29 is 21.6 Å². The molecule has 1 heterocycles. The number of nitrogens with zero attached hydrogens (tertiary/aromatic N) is 1. The second-order valence-electron chi connectivity index (χ2n) is 6.49. The van der Waals surface area contributed by atoms with Gasteiger partial charge in [0.1, 0.15) is 0 Å². The lowest BCUT2D eigenvalue weighted by Crippen LogP contribution is -2.27. The lowest BCUT2D eigenvalue weighted by molar-refractivity contribution is 0.0954. The molecule has 150 valence electrons. The molecule has 10 heteroatoms. The first kappa shape index (κ1) is 20.3. The van der Waals surface area contributed by atoms with E-state index in [1.807, 2.05) is 0 Å². The molecule has 3 N–H and O–H groups in total. The largest absolute Gasteiger partial charge is 0.352 e. The third kappa shape index (κ3) is 4.70. The first-order chi connectivity index (χ1) is 13.2. The molecule has 0 unspecified atom stereocenters. The Morgan fingerprint density at radius 1 is 1.14 bits per heavy atom. The minimum atomic E-state index is -3.73. The number of anilines is 1. The molecule has 0 aliphatic carbocycles. The van der Waals surface area contributed by atoms with Crippen LogP contribution < -0.4 is 14.8 Å². The zero-order valence-corrected chi connectivity index (χ0v) is 16.7. The van der Waals surface area contributed by atoms with Gasteiger partial charge >= 0.3 is 0 Å². The molecule has 3 rings (SSSR count). The van der Waals surface area contributed by atoms with Crippen LogP contribution in [0, 0.1) is 0 Å². The molecule has 1 amide bonds. The summed E-state index contributed by atoms with van der Waals surface area (Å²) in [4.78, 5) is 12.4. The van der Waals surface area contributed by atoms with Gasteiger partial charge in [-0.05, 0) is 48.7 Å². The Labute approximate surface area is 164 Å². The Morgan fingerprint density at radius 3 is 2.46 bits per heavy atom. The van der Waals surface area contributed by atoms with Crippen molar-refractivity contribution in [2.45, 2.75) is 17.7 Å². The first-order valence-corrected chi connectivity index (χ1v) is 11.8. The van der Waals surface area contributed by atoms with Gasteiger partial charge in [0, 0.05) is 18.7 Å². The average Bonchev–Trinajstić information content (AvgIpc) is 3.00. The molecule has 1 aliphatic heterocycles. The van der Waals surface area contributed by atoms with Crippen molar-refractivity contribution in [3.63, 3.8) is 0 Å². The summed E-state index contributed by atoms with van der Waals surface area (Å²) in [5.41, 5.74) is 1.72. The van der Waals surface area contributed by atoms with Crippen LogP contribution in [0.3, 0.4) is 0 Å². The van der Waals surface area contributed by atoms with Crippen LogP contribution in [0.15, 0.2) is 53.4 Å². The highest BCUT2D eigenvalue weighted by atomic mass is 32.2. The van der Waals surface area contributed by atoms with Crippen molar-refractivity contribution in [3.8, 4) is 0 Å². The molecule has 28 heavy (non-hydrogen) atoms. The number of hydrogen-bond donors (Lipinski definition) is 2. The van der Waals surface area contributed by atoms with E-state index in [2.05, 4.69) is 5.32 Å². The van der Waals surface area contributed by atoms with Crippen molar-refractivity contribution in [1.29, 1.82) is 0 Å². The van der Waals surface area contributed by atoms with Gasteiger partial charge in [0.2, 0.25) is 20.0 Å². The number of hydrogen-bond acceptors (Lipinski definition) is 5. The molecule has 0 atom stereocenters. The number of carbonyl (C=O) groups is 1. The van der Waals surface area contributed by atoms with Gasteiger partial charge in [0.25, 0.3) is 5.91 Å². The molecule has 0 saturated carbocycles. The summed E-state index contributed by atoms with van der Waals surface area (Å²) in [6, 6.07) is 12.7. The molecule has 8 nitrogen and oxygen atoms in total. The molecule has 1 saturated heterocycles. The van der Waals surface area contributed by atoms with Crippen molar-refractivity contribution in [3.05, 3.63) is 59.7 Å². The molecule has 0 bridgehead atoms. The smallest absolute Gasteiger partial charge is 0.251 e. The Kier molecular flexibility index (Phi) is 5.73. The predicted octanol–water partition coefficient (Wildman–Crippen LogP) is 0.846. The van der Waals surface area contributed by atoms with Crippen LogP contribution in [0.4, 0.5) is 5.69 Å². The van der Waals surface area contributed by atoms with Gasteiger partial charge in [0.15, 0.2) is 0 Å². The van der Waals surface area contributed by atoms with Gasteiger partial charge in [0.05, 0.1) is 16.3 Å². The average molecular weight is 424 g/mol. The molecule has 1 aliphatic rings. The second-order valence-corrected chi connectivity index (χ2v) is 10.1. The highest BCUT2D eigenvalue weighted by Crippen LogP contribution is 2.24. The maximum absolute atomic E-state index is 12.4. The van der Waals surface area contributed by atoms with Crippen LogP contribution in [-0.2, 0) is 26.5 Å². The Morgan fingerprint density at radius 2 is 1.86 bits per heavy atom. The Balaban J connectivity index is 1.60. The number of nitrogens with one attached hydrogen (secondary N) is 1. The summed E-state index contributed by atoms with van der Waals surface area (Å²) in [6.07, 6.45) is 1.08. The monoisotopic (exact) mass is 423 g/mol. The van der Waals surface area contributed by atoms with Gasteiger partial charge in [-0.25, -0.2) is 22.0 Å². The van der Waals surface area contributed by atoms with E-state index in [0.29, 0.717) is 37.2 Å². The fourth-order valence-corrected chi connectivity index (χ4v) is 5.07. The summed E-state index contributed by atoms with van der Waals surface area (Å²) in [5.74, 6) is -0.187. The normalized spacial score (nSPS) is 16.1. The second kappa shape index (κ2) is 7.90. The number of sulfonamides is 2. The standard InChI is InChI=1S/C18H21N3O5S2/c19-28(25,26)17-7-5-14(6-8-17)9-10-20-18(22)15-3-1-4-16(13-15)21-11-2-12-27(21,23)24/h1,3-8,13H,2,9-12H2,(H,20,22)(H2,19,25,26). The van der Waals surface area contributed by atoms with E-state index < -0.39 is 20.0 Å². The third-order valence-corrected chi connectivity index (χ3v) is 7.25. The summed E-state index contributed by atoms with van der Waals surface area (Å²) in [5, 5.41) is 7.84. The van der Waals surface area contributed by atoms with Crippen molar-refractivity contribution >= 4 is 31.6 Å². The summed E-state index contributed by atoms with van der Waals surface area (Å²) in [7, 11) is -7.03. The number of primary sulfonamides is 1. The molecular weight excluding hydrogens is 402 g/mol.